The lowest BCUT2D eigenvalue weighted by Gasteiger charge is -2.32. The number of fused-ring (bicyclic) bond motifs is 1. The summed E-state index contributed by atoms with van der Waals surface area (Å²) in [5, 5.41) is 7.75. The second-order valence-electron chi connectivity index (χ2n) is 6.40. The molecular weight excluding hydrogens is 457 g/mol. The lowest BCUT2D eigenvalue weighted by atomic mass is 9.99. The summed E-state index contributed by atoms with van der Waals surface area (Å²) >= 11 is 0. The number of guanidine groups is 1. The van der Waals surface area contributed by atoms with E-state index in [-0.39, 0.29) is 24.0 Å². The van der Waals surface area contributed by atoms with Crippen molar-refractivity contribution in [3.8, 4) is 11.5 Å². The molecule has 7 nitrogen and oxygen atoms in total. The van der Waals surface area contributed by atoms with Crippen LogP contribution in [0.25, 0.3) is 0 Å². The fourth-order valence-corrected chi connectivity index (χ4v) is 3.27. The summed E-state index contributed by atoms with van der Waals surface area (Å²) in [6.07, 6.45) is 4.87. The molecule has 1 N–H and O–H groups in total. The number of halogens is 1. The molecule has 1 aliphatic rings. The van der Waals surface area contributed by atoms with E-state index in [1.807, 2.05) is 31.0 Å². The Hall–Kier alpha value is -1.97. The first kappa shape index (κ1) is 21.3. The van der Waals surface area contributed by atoms with Crippen molar-refractivity contribution in [1.29, 1.82) is 0 Å². The van der Waals surface area contributed by atoms with Crippen molar-refractivity contribution in [2.75, 3.05) is 34.4 Å². The van der Waals surface area contributed by atoms with Gasteiger partial charge in [0.25, 0.3) is 0 Å². The summed E-state index contributed by atoms with van der Waals surface area (Å²) in [5.41, 5.74) is 3.73. The first-order valence-electron chi connectivity index (χ1n) is 8.83. The minimum atomic E-state index is 0. The average molecular weight is 485 g/mol. The Labute approximate surface area is 177 Å². The van der Waals surface area contributed by atoms with Gasteiger partial charge in [-0.15, -0.1) is 24.0 Å². The third-order valence-corrected chi connectivity index (χ3v) is 4.62. The van der Waals surface area contributed by atoms with Gasteiger partial charge in [0.1, 0.15) is 0 Å². The van der Waals surface area contributed by atoms with Crippen molar-refractivity contribution < 1.29 is 9.47 Å². The molecule has 2 heterocycles. The molecule has 0 fully saturated rings. The van der Waals surface area contributed by atoms with Crippen LogP contribution in [0.5, 0.6) is 11.5 Å². The standard InChI is InChI=1S/C19H27N5O2.HI/c1-14-11-22-24(12-14)8-6-21-19(20-2)23-7-5-15-9-17(25-3)18(26-4)10-16(15)13-23;/h9-12H,5-8,13H2,1-4H3,(H,20,21);1H. The summed E-state index contributed by atoms with van der Waals surface area (Å²) in [7, 11) is 5.17. The van der Waals surface area contributed by atoms with Crippen LogP contribution in [0.4, 0.5) is 0 Å². The van der Waals surface area contributed by atoms with E-state index in [4.69, 9.17) is 9.47 Å². The summed E-state index contributed by atoms with van der Waals surface area (Å²) in [5.74, 6) is 2.47. The molecule has 1 aliphatic heterocycles. The molecule has 0 saturated carbocycles. The number of aromatic nitrogens is 2. The van der Waals surface area contributed by atoms with Gasteiger partial charge < -0.3 is 19.7 Å². The summed E-state index contributed by atoms with van der Waals surface area (Å²) in [6, 6.07) is 4.15. The normalized spacial score (nSPS) is 13.6. The van der Waals surface area contributed by atoms with Crippen molar-refractivity contribution in [3.05, 3.63) is 41.2 Å². The van der Waals surface area contributed by atoms with Gasteiger partial charge in [-0.05, 0) is 42.2 Å². The maximum Gasteiger partial charge on any atom is 0.194 e. The fraction of sp³-hybridized carbons (Fsp3) is 0.474. The number of nitrogens with one attached hydrogen (secondary N) is 1. The van der Waals surface area contributed by atoms with Crippen LogP contribution in [0.15, 0.2) is 29.5 Å². The van der Waals surface area contributed by atoms with E-state index in [1.165, 1.54) is 16.7 Å². The quantitative estimate of drug-likeness (QED) is 0.401. The highest BCUT2D eigenvalue weighted by Gasteiger charge is 2.21. The molecule has 27 heavy (non-hydrogen) atoms. The van der Waals surface area contributed by atoms with Gasteiger partial charge in [-0.25, -0.2) is 0 Å². The minimum Gasteiger partial charge on any atom is -0.493 e. The number of nitrogens with zero attached hydrogens (tertiary/aromatic N) is 4. The maximum atomic E-state index is 5.44. The number of ether oxygens (including phenoxy) is 2. The van der Waals surface area contributed by atoms with Gasteiger partial charge in [-0.3, -0.25) is 9.67 Å². The van der Waals surface area contributed by atoms with Gasteiger partial charge in [-0.2, -0.15) is 5.10 Å². The van der Waals surface area contributed by atoms with Crippen LogP contribution in [0, 0.1) is 6.92 Å². The number of methoxy groups -OCH3 is 2. The van der Waals surface area contributed by atoms with Crippen LogP contribution in [0.1, 0.15) is 16.7 Å². The second-order valence-corrected chi connectivity index (χ2v) is 6.40. The van der Waals surface area contributed by atoms with E-state index < -0.39 is 0 Å². The van der Waals surface area contributed by atoms with Gasteiger partial charge in [-0.1, -0.05) is 0 Å². The van der Waals surface area contributed by atoms with Gasteiger partial charge in [0.05, 0.1) is 27.0 Å². The highest BCUT2D eigenvalue weighted by atomic mass is 127. The van der Waals surface area contributed by atoms with Crippen molar-refractivity contribution in [3.63, 3.8) is 0 Å². The van der Waals surface area contributed by atoms with Crippen molar-refractivity contribution in [1.82, 2.24) is 20.0 Å². The van der Waals surface area contributed by atoms with Crippen molar-refractivity contribution in [2.45, 2.75) is 26.4 Å². The Kier molecular flexibility index (Phi) is 7.76. The lowest BCUT2D eigenvalue weighted by Crippen LogP contribution is -2.44. The number of aliphatic imine (C=N–C) groups is 1. The first-order chi connectivity index (χ1) is 12.6. The zero-order valence-electron chi connectivity index (χ0n) is 16.4. The van der Waals surface area contributed by atoms with Gasteiger partial charge >= 0.3 is 0 Å². The molecule has 0 spiro atoms. The number of hydrogen-bond acceptors (Lipinski definition) is 4. The van der Waals surface area contributed by atoms with E-state index in [2.05, 4.69) is 32.4 Å². The molecule has 1 aromatic heterocycles. The predicted octanol–water partition coefficient (Wildman–Crippen LogP) is 2.46. The SMILES string of the molecule is CN=C(NCCn1cc(C)cn1)N1CCc2cc(OC)c(OC)cc2C1.I. The predicted molar refractivity (Wildman–Crippen MR) is 117 cm³/mol. The van der Waals surface area contributed by atoms with Crippen LogP contribution >= 0.6 is 24.0 Å². The smallest absolute Gasteiger partial charge is 0.194 e. The molecule has 3 rings (SSSR count). The van der Waals surface area contributed by atoms with Gasteiger partial charge in [0.15, 0.2) is 17.5 Å². The third kappa shape index (κ3) is 5.06. The van der Waals surface area contributed by atoms with Crippen LogP contribution in [-0.2, 0) is 19.5 Å². The molecule has 0 radical (unpaired) electrons. The Balaban J connectivity index is 0.00000261. The average Bonchev–Trinajstić information content (AvgIpc) is 3.08. The topological polar surface area (TPSA) is 63.9 Å². The molecule has 0 amide bonds. The van der Waals surface area contributed by atoms with Crippen molar-refractivity contribution >= 4 is 29.9 Å². The van der Waals surface area contributed by atoms with Crippen LogP contribution in [0.3, 0.4) is 0 Å². The fourth-order valence-electron chi connectivity index (χ4n) is 3.27. The Morgan fingerprint density at radius 1 is 1.22 bits per heavy atom. The molecule has 0 atom stereocenters. The zero-order valence-corrected chi connectivity index (χ0v) is 18.7. The van der Waals surface area contributed by atoms with Gasteiger partial charge in [0.2, 0.25) is 0 Å². The van der Waals surface area contributed by atoms with Crippen LogP contribution in [0.2, 0.25) is 0 Å². The van der Waals surface area contributed by atoms with Crippen molar-refractivity contribution in [2.24, 2.45) is 4.99 Å². The molecule has 0 unspecified atom stereocenters. The second kappa shape index (κ2) is 9.82. The number of aryl methyl sites for hydroxylation is 1. The maximum absolute atomic E-state index is 5.44. The van der Waals surface area contributed by atoms with E-state index in [0.29, 0.717) is 0 Å². The highest BCUT2D eigenvalue weighted by Crippen LogP contribution is 2.33. The summed E-state index contributed by atoms with van der Waals surface area (Å²) in [4.78, 5) is 6.71. The highest BCUT2D eigenvalue weighted by molar-refractivity contribution is 14.0. The third-order valence-electron chi connectivity index (χ3n) is 4.62. The first-order valence-corrected chi connectivity index (χ1v) is 8.83. The Bertz CT molecular complexity index is 790. The largest absolute Gasteiger partial charge is 0.493 e. The molecule has 148 valence electrons. The van der Waals surface area contributed by atoms with E-state index in [0.717, 1.165) is 50.1 Å². The molecule has 0 aliphatic carbocycles. The molecule has 2 aromatic rings. The molecule has 8 heteroatoms. The molecule has 0 saturated heterocycles. The monoisotopic (exact) mass is 485 g/mol. The number of benzene rings is 1. The Morgan fingerprint density at radius 3 is 2.52 bits per heavy atom. The zero-order chi connectivity index (χ0) is 18.5. The molecular formula is C19H28IN5O2. The van der Waals surface area contributed by atoms with Crippen LogP contribution < -0.4 is 14.8 Å². The molecule has 0 bridgehead atoms. The minimum absolute atomic E-state index is 0. The lowest BCUT2D eigenvalue weighted by molar-refractivity contribution is 0.345. The number of rotatable bonds is 5. The van der Waals surface area contributed by atoms with E-state index in [1.54, 1.807) is 14.2 Å². The van der Waals surface area contributed by atoms with Crippen LogP contribution in [-0.4, -0.2) is 55.0 Å². The van der Waals surface area contributed by atoms with E-state index in [9.17, 15) is 0 Å². The number of hydrogen-bond donors (Lipinski definition) is 1. The summed E-state index contributed by atoms with van der Waals surface area (Å²) < 4.78 is 12.8. The Morgan fingerprint density at radius 2 is 1.93 bits per heavy atom. The summed E-state index contributed by atoms with van der Waals surface area (Å²) in [6.45, 7) is 5.36. The van der Waals surface area contributed by atoms with Gasteiger partial charge in [0, 0.05) is 32.9 Å². The molecule has 1 aromatic carbocycles. The van der Waals surface area contributed by atoms with E-state index >= 15 is 0 Å².